The molecule has 3 rings (SSSR count). The maximum Gasteiger partial charge on any atom is 0.143 e. The Morgan fingerprint density at radius 3 is 2.94 bits per heavy atom. The van der Waals surface area contributed by atoms with Crippen molar-refractivity contribution in [3.63, 3.8) is 0 Å². The average Bonchev–Trinajstić information content (AvgIpc) is 2.92. The van der Waals surface area contributed by atoms with Crippen LogP contribution in [-0.4, -0.2) is 21.6 Å². The Labute approximate surface area is 105 Å². The maximum atomic E-state index is 4.72. The average molecular weight is 238 g/mol. The summed E-state index contributed by atoms with van der Waals surface area (Å²) in [6.45, 7) is 0.783. The number of rotatable bonds is 3. The van der Waals surface area contributed by atoms with E-state index in [9.17, 15) is 0 Å². The molecule has 0 saturated carbocycles. The van der Waals surface area contributed by atoms with E-state index in [0.29, 0.717) is 0 Å². The summed E-state index contributed by atoms with van der Waals surface area (Å²) in [5, 5.41) is 4.34. The number of fused-ring (bicyclic) bond motifs is 1. The van der Waals surface area contributed by atoms with E-state index in [4.69, 9.17) is 4.98 Å². The van der Waals surface area contributed by atoms with Crippen molar-refractivity contribution in [2.75, 3.05) is 7.05 Å². The van der Waals surface area contributed by atoms with E-state index in [-0.39, 0.29) is 0 Å². The first-order chi connectivity index (χ1) is 8.88. The van der Waals surface area contributed by atoms with Crippen LogP contribution in [0.15, 0.2) is 49.1 Å². The summed E-state index contributed by atoms with van der Waals surface area (Å²) in [5.41, 5.74) is 2.16. The molecule has 1 aromatic carbocycles. The molecule has 0 amide bonds. The monoisotopic (exact) mass is 238 g/mol. The molecule has 0 unspecified atom stereocenters. The minimum Gasteiger partial charge on any atom is -0.316 e. The quantitative estimate of drug-likeness (QED) is 0.760. The summed E-state index contributed by atoms with van der Waals surface area (Å²) in [6, 6.07) is 10.3. The van der Waals surface area contributed by atoms with Crippen LogP contribution in [-0.2, 0) is 6.54 Å². The van der Waals surface area contributed by atoms with Gasteiger partial charge in [0.2, 0.25) is 0 Å². The second-order valence-electron chi connectivity index (χ2n) is 4.16. The molecule has 4 nitrogen and oxygen atoms in total. The normalized spacial score (nSPS) is 10.9. The zero-order chi connectivity index (χ0) is 12.4. The molecule has 0 fully saturated rings. The number of para-hydroxylation sites is 1. The molecule has 0 aliphatic rings. The predicted molar refractivity (Wildman–Crippen MR) is 71.6 cm³/mol. The molecule has 18 heavy (non-hydrogen) atoms. The first kappa shape index (κ1) is 10.9. The van der Waals surface area contributed by atoms with E-state index >= 15 is 0 Å². The van der Waals surface area contributed by atoms with Crippen molar-refractivity contribution < 1.29 is 0 Å². The van der Waals surface area contributed by atoms with Gasteiger partial charge < -0.3 is 5.32 Å². The smallest absolute Gasteiger partial charge is 0.143 e. The number of nitrogens with zero attached hydrogens (tertiary/aromatic N) is 3. The van der Waals surface area contributed by atoms with Crippen molar-refractivity contribution in [1.29, 1.82) is 0 Å². The lowest BCUT2D eigenvalue weighted by Gasteiger charge is -2.10. The van der Waals surface area contributed by atoms with Gasteiger partial charge in [-0.15, -0.1) is 0 Å². The number of hydrogen-bond acceptors (Lipinski definition) is 3. The molecule has 0 saturated heterocycles. The van der Waals surface area contributed by atoms with Crippen LogP contribution in [0.3, 0.4) is 0 Å². The van der Waals surface area contributed by atoms with Crippen LogP contribution in [0.4, 0.5) is 0 Å². The molecule has 0 bridgehead atoms. The van der Waals surface area contributed by atoms with Crippen molar-refractivity contribution in [1.82, 2.24) is 19.9 Å². The summed E-state index contributed by atoms with van der Waals surface area (Å²) in [7, 11) is 1.94. The molecule has 0 radical (unpaired) electrons. The summed E-state index contributed by atoms with van der Waals surface area (Å²) in [4.78, 5) is 8.80. The highest BCUT2D eigenvalue weighted by Gasteiger charge is 2.07. The third kappa shape index (κ3) is 1.87. The van der Waals surface area contributed by atoms with Crippen molar-refractivity contribution in [3.8, 4) is 5.82 Å². The molecule has 0 aliphatic heterocycles. The second-order valence-corrected chi connectivity index (χ2v) is 4.16. The first-order valence-electron chi connectivity index (χ1n) is 5.90. The number of pyridine rings is 1. The van der Waals surface area contributed by atoms with Gasteiger partial charge in [0.25, 0.3) is 0 Å². The number of hydrogen-bond donors (Lipinski definition) is 1. The Hall–Kier alpha value is -2.20. The molecular formula is C14H14N4. The van der Waals surface area contributed by atoms with Crippen molar-refractivity contribution in [2.24, 2.45) is 0 Å². The lowest BCUT2D eigenvalue weighted by atomic mass is 10.1. The summed E-state index contributed by atoms with van der Waals surface area (Å²) < 4.78 is 1.94. The molecule has 0 atom stereocenters. The van der Waals surface area contributed by atoms with Crippen LogP contribution >= 0.6 is 0 Å². The highest BCUT2D eigenvalue weighted by Crippen LogP contribution is 2.19. The SMILES string of the molecule is CNCc1cc2ccccc2nc1-n1ccnc1. The summed E-state index contributed by atoms with van der Waals surface area (Å²) in [5.74, 6) is 0.931. The highest BCUT2D eigenvalue weighted by molar-refractivity contribution is 5.80. The van der Waals surface area contributed by atoms with E-state index in [0.717, 1.165) is 28.8 Å². The third-order valence-electron chi connectivity index (χ3n) is 2.90. The van der Waals surface area contributed by atoms with Gasteiger partial charge in [-0.25, -0.2) is 9.97 Å². The zero-order valence-corrected chi connectivity index (χ0v) is 10.2. The minimum atomic E-state index is 0.783. The fourth-order valence-corrected chi connectivity index (χ4v) is 2.08. The number of benzene rings is 1. The lowest BCUT2D eigenvalue weighted by molar-refractivity contribution is 0.801. The van der Waals surface area contributed by atoms with E-state index in [1.54, 1.807) is 12.5 Å². The number of nitrogens with one attached hydrogen (secondary N) is 1. The van der Waals surface area contributed by atoms with E-state index < -0.39 is 0 Å². The van der Waals surface area contributed by atoms with Crippen molar-refractivity contribution in [2.45, 2.75) is 6.54 Å². The zero-order valence-electron chi connectivity index (χ0n) is 10.2. The second kappa shape index (κ2) is 4.58. The summed E-state index contributed by atoms with van der Waals surface area (Å²) >= 11 is 0. The minimum absolute atomic E-state index is 0.783. The van der Waals surface area contributed by atoms with Gasteiger partial charge in [-0.1, -0.05) is 18.2 Å². The van der Waals surface area contributed by atoms with E-state index in [2.05, 4.69) is 22.4 Å². The van der Waals surface area contributed by atoms with Crippen LogP contribution in [0.25, 0.3) is 16.7 Å². The van der Waals surface area contributed by atoms with Crippen LogP contribution < -0.4 is 5.32 Å². The lowest BCUT2D eigenvalue weighted by Crippen LogP contribution is -2.10. The molecule has 0 spiro atoms. The van der Waals surface area contributed by atoms with Gasteiger partial charge in [0.15, 0.2) is 0 Å². The highest BCUT2D eigenvalue weighted by atomic mass is 15.1. The van der Waals surface area contributed by atoms with Gasteiger partial charge in [-0.2, -0.15) is 0 Å². The van der Waals surface area contributed by atoms with Crippen molar-refractivity contribution >= 4 is 10.9 Å². The fraction of sp³-hybridized carbons (Fsp3) is 0.143. The fourth-order valence-electron chi connectivity index (χ4n) is 2.08. The van der Waals surface area contributed by atoms with Gasteiger partial charge >= 0.3 is 0 Å². The van der Waals surface area contributed by atoms with Gasteiger partial charge in [-0.3, -0.25) is 4.57 Å². The topological polar surface area (TPSA) is 42.7 Å². The van der Waals surface area contributed by atoms with Crippen LogP contribution in [0.2, 0.25) is 0 Å². The van der Waals surface area contributed by atoms with E-state index in [1.807, 2.05) is 36.0 Å². The first-order valence-corrected chi connectivity index (χ1v) is 5.90. The summed E-state index contributed by atoms with van der Waals surface area (Å²) in [6.07, 6.45) is 5.45. The Balaban J connectivity index is 2.24. The Bertz CT molecular complexity index is 659. The van der Waals surface area contributed by atoms with Gasteiger partial charge in [0, 0.05) is 29.9 Å². The number of aromatic nitrogens is 3. The van der Waals surface area contributed by atoms with E-state index in [1.165, 1.54) is 0 Å². The van der Waals surface area contributed by atoms with Crippen LogP contribution in [0, 0.1) is 0 Å². The van der Waals surface area contributed by atoms with Crippen LogP contribution in [0.5, 0.6) is 0 Å². The molecule has 2 aromatic heterocycles. The number of imidazole rings is 1. The van der Waals surface area contributed by atoms with Gasteiger partial charge in [0.05, 0.1) is 5.52 Å². The molecule has 4 heteroatoms. The molecule has 0 aliphatic carbocycles. The molecule has 2 heterocycles. The predicted octanol–water partition coefficient (Wildman–Crippen LogP) is 2.14. The van der Waals surface area contributed by atoms with Gasteiger partial charge in [-0.05, 0) is 19.2 Å². The van der Waals surface area contributed by atoms with Gasteiger partial charge in [0.1, 0.15) is 12.1 Å². The Kier molecular flexibility index (Phi) is 2.78. The molecular weight excluding hydrogens is 224 g/mol. The largest absolute Gasteiger partial charge is 0.316 e. The molecule has 1 N–H and O–H groups in total. The Morgan fingerprint density at radius 1 is 1.28 bits per heavy atom. The van der Waals surface area contributed by atoms with Crippen molar-refractivity contribution in [3.05, 3.63) is 54.6 Å². The molecule has 90 valence electrons. The van der Waals surface area contributed by atoms with Crippen LogP contribution in [0.1, 0.15) is 5.56 Å². The maximum absolute atomic E-state index is 4.72. The Morgan fingerprint density at radius 2 is 2.17 bits per heavy atom. The molecule has 3 aromatic rings. The third-order valence-corrected chi connectivity index (χ3v) is 2.90. The standard InChI is InChI=1S/C14H14N4/c1-15-9-12-8-11-4-2-3-5-13(11)17-14(12)18-7-6-16-10-18/h2-8,10,15H,9H2,1H3.